The zero-order valence-electron chi connectivity index (χ0n) is 10.2. The van der Waals surface area contributed by atoms with Gasteiger partial charge in [0.05, 0.1) is 0 Å². The molecule has 1 heterocycles. The first-order chi connectivity index (χ1) is 7.82. The molecule has 1 saturated carbocycles. The third kappa shape index (κ3) is 1.78. The molecule has 0 N–H and O–H groups in total. The van der Waals surface area contributed by atoms with Crippen molar-refractivity contribution in [2.75, 3.05) is 13.1 Å². The molecule has 16 heavy (non-hydrogen) atoms. The van der Waals surface area contributed by atoms with Gasteiger partial charge in [0.1, 0.15) is 0 Å². The number of hydrogen-bond acceptors (Lipinski definition) is 1. The fourth-order valence-electron chi connectivity index (χ4n) is 3.40. The van der Waals surface area contributed by atoms with Crippen LogP contribution in [0.1, 0.15) is 31.7 Å². The number of hydrogen-bond donors (Lipinski definition) is 0. The largest absolute Gasteiger partial charge is 0.298 e. The van der Waals surface area contributed by atoms with Crippen LogP contribution in [0.3, 0.4) is 0 Å². The van der Waals surface area contributed by atoms with Gasteiger partial charge in [-0.15, -0.1) is 0 Å². The lowest BCUT2D eigenvalue weighted by Gasteiger charge is -2.15. The maximum atomic E-state index is 2.66. The SMILES string of the molecule is CCC1CN(Cc2ccccc2)CC12CC2. The average molecular weight is 215 g/mol. The highest BCUT2D eigenvalue weighted by atomic mass is 15.2. The monoisotopic (exact) mass is 215 g/mol. The Morgan fingerprint density at radius 2 is 2.00 bits per heavy atom. The van der Waals surface area contributed by atoms with E-state index in [0.717, 1.165) is 17.9 Å². The van der Waals surface area contributed by atoms with Crippen molar-refractivity contribution in [2.45, 2.75) is 32.7 Å². The van der Waals surface area contributed by atoms with E-state index in [4.69, 9.17) is 0 Å². The molecule has 1 saturated heterocycles. The van der Waals surface area contributed by atoms with E-state index in [9.17, 15) is 0 Å². The maximum absolute atomic E-state index is 2.66. The van der Waals surface area contributed by atoms with Crippen molar-refractivity contribution in [1.82, 2.24) is 4.90 Å². The molecule has 0 bridgehead atoms. The van der Waals surface area contributed by atoms with Gasteiger partial charge in [0, 0.05) is 19.6 Å². The van der Waals surface area contributed by atoms with E-state index in [-0.39, 0.29) is 0 Å². The molecule has 0 radical (unpaired) electrons. The summed E-state index contributed by atoms with van der Waals surface area (Å²) in [5, 5.41) is 0. The number of rotatable bonds is 3. The van der Waals surface area contributed by atoms with Gasteiger partial charge in [0.2, 0.25) is 0 Å². The fourth-order valence-corrected chi connectivity index (χ4v) is 3.40. The summed E-state index contributed by atoms with van der Waals surface area (Å²) < 4.78 is 0. The highest BCUT2D eigenvalue weighted by Gasteiger charge is 2.53. The minimum absolute atomic E-state index is 0.740. The van der Waals surface area contributed by atoms with Gasteiger partial charge in [-0.05, 0) is 29.7 Å². The molecule has 1 atom stereocenters. The molecule has 1 nitrogen and oxygen atoms in total. The van der Waals surface area contributed by atoms with E-state index in [1.54, 1.807) is 0 Å². The molecule has 1 heteroatoms. The van der Waals surface area contributed by atoms with Crippen molar-refractivity contribution < 1.29 is 0 Å². The Bertz CT molecular complexity index is 353. The minimum atomic E-state index is 0.740. The Morgan fingerprint density at radius 1 is 1.25 bits per heavy atom. The maximum Gasteiger partial charge on any atom is 0.0234 e. The second-order valence-electron chi connectivity index (χ2n) is 5.62. The Morgan fingerprint density at radius 3 is 2.56 bits per heavy atom. The Labute approximate surface area is 98.5 Å². The van der Waals surface area contributed by atoms with Crippen molar-refractivity contribution in [3.8, 4) is 0 Å². The third-order valence-electron chi connectivity index (χ3n) is 4.52. The van der Waals surface area contributed by atoms with Crippen molar-refractivity contribution >= 4 is 0 Å². The van der Waals surface area contributed by atoms with E-state index in [0.29, 0.717) is 0 Å². The molecule has 1 aliphatic carbocycles. The lowest BCUT2D eigenvalue weighted by Crippen LogP contribution is -2.20. The van der Waals surface area contributed by atoms with E-state index < -0.39 is 0 Å². The molecule has 1 aromatic carbocycles. The highest BCUT2D eigenvalue weighted by Crippen LogP contribution is 2.57. The first-order valence-corrected chi connectivity index (χ1v) is 6.59. The summed E-state index contributed by atoms with van der Waals surface area (Å²) in [6.45, 7) is 6.18. The normalized spacial score (nSPS) is 27.4. The summed E-state index contributed by atoms with van der Waals surface area (Å²) in [4.78, 5) is 2.66. The molecular weight excluding hydrogens is 194 g/mol. The van der Waals surface area contributed by atoms with Crippen LogP contribution in [0.25, 0.3) is 0 Å². The second kappa shape index (κ2) is 3.89. The Kier molecular flexibility index (Phi) is 2.51. The van der Waals surface area contributed by atoms with Gasteiger partial charge in [-0.3, -0.25) is 4.90 Å². The van der Waals surface area contributed by atoms with E-state index >= 15 is 0 Å². The van der Waals surface area contributed by atoms with Crippen molar-refractivity contribution in [3.05, 3.63) is 35.9 Å². The molecule has 0 amide bonds. The summed E-state index contributed by atoms with van der Waals surface area (Å²) >= 11 is 0. The lowest BCUT2D eigenvalue weighted by molar-refractivity contribution is 0.310. The van der Waals surface area contributed by atoms with Crippen molar-refractivity contribution in [2.24, 2.45) is 11.3 Å². The molecular formula is C15H21N. The van der Waals surface area contributed by atoms with Crippen LogP contribution in [0.2, 0.25) is 0 Å². The van der Waals surface area contributed by atoms with Crippen LogP contribution < -0.4 is 0 Å². The standard InChI is InChI=1S/C15H21N/c1-2-14-11-16(12-15(14)8-9-15)10-13-6-4-3-5-7-13/h3-7,14H,2,8-12H2,1H3. The molecule has 3 rings (SSSR count). The molecule has 1 spiro atoms. The summed E-state index contributed by atoms with van der Waals surface area (Å²) in [7, 11) is 0. The predicted octanol–water partition coefficient (Wildman–Crippen LogP) is 3.31. The van der Waals surface area contributed by atoms with E-state index in [1.807, 2.05) is 0 Å². The third-order valence-corrected chi connectivity index (χ3v) is 4.52. The summed E-state index contributed by atoms with van der Waals surface area (Å²) in [6, 6.07) is 10.9. The number of nitrogens with zero attached hydrogens (tertiary/aromatic N) is 1. The molecule has 2 aliphatic rings. The number of benzene rings is 1. The molecule has 86 valence electrons. The van der Waals surface area contributed by atoms with Gasteiger partial charge < -0.3 is 0 Å². The molecule has 0 aromatic heterocycles. The predicted molar refractivity (Wildman–Crippen MR) is 67.2 cm³/mol. The van der Waals surface area contributed by atoms with Crippen LogP contribution in [-0.4, -0.2) is 18.0 Å². The Balaban J connectivity index is 1.66. The minimum Gasteiger partial charge on any atom is -0.298 e. The van der Waals surface area contributed by atoms with Gasteiger partial charge in [0.25, 0.3) is 0 Å². The van der Waals surface area contributed by atoms with Crippen LogP contribution in [0, 0.1) is 11.3 Å². The first-order valence-electron chi connectivity index (χ1n) is 6.59. The second-order valence-corrected chi connectivity index (χ2v) is 5.62. The van der Waals surface area contributed by atoms with Crippen LogP contribution >= 0.6 is 0 Å². The van der Waals surface area contributed by atoms with Gasteiger partial charge >= 0.3 is 0 Å². The van der Waals surface area contributed by atoms with Gasteiger partial charge in [-0.25, -0.2) is 0 Å². The van der Waals surface area contributed by atoms with Crippen molar-refractivity contribution in [1.29, 1.82) is 0 Å². The molecule has 1 aromatic rings. The quantitative estimate of drug-likeness (QED) is 0.747. The zero-order valence-corrected chi connectivity index (χ0v) is 10.2. The van der Waals surface area contributed by atoms with Crippen LogP contribution in [0.5, 0.6) is 0 Å². The van der Waals surface area contributed by atoms with Gasteiger partial charge in [-0.1, -0.05) is 43.7 Å². The van der Waals surface area contributed by atoms with Crippen molar-refractivity contribution in [3.63, 3.8) is 0 Å². The van der Waals surface area contributed by atoms with E-state index in [2.05, 4.69) is 42.2 Å². The van der Waals surface area contributed by atoms with Crippen LogP contribution in [0.15, 0.2) is 30.3 Å². The highest BCUT2D eigenvalue weighted by molar-refractivity contribution is 5.15. The van der Waals surface area contributed by atoms with Gasteiger partial charge in [-0.2, -0.15) is 0 Å². The number of likely N-dealkylation sites (tertiary alicyclic amines) is 1. The topological polar surface area (TPSA) is 3.24 Å². The van der Waals surface area contributed by atoms with E-state index in [1.165, 1.54) is 37.9 Å². The summed E-state index contributed by atoms with van der Waals surface area (Å²) in [6.07, 6.45) is 4.33. The lowest BCUT2D eigenvalue weighted by atomic mass is 9.91. The zero-order chi connectivity index (χ0) is 11.0. The van der Waals surface area contributed by atoms with Crippen LogP contribution in [0.4, 0.5) is 0 Å². The summed E-state index contributed by atoms with van der Waals surface area (Å²) in [5.74, 6) is 0.969. The molecule has 1 unspecified atom stereocenters. The van der Waals surface area contributed by atoms with Gasteiger partial charge in [0.15, 0.2) is 0 Å². The Hall–Kier alpha value is -0.820. The molecule has 1 aliphatic heterocycles. The first kappa shape index (κ1) is 10.3. The molecule has 2 fully saturated rings. The summed E-state index contributed by atoms with van der Waals surface area (Å²) in [5.41, 5.74) is 2.21. The smallest absolute Gasteiger partial charge is 0.0234 e. The fraction of sp³-hybridized carbons (Fsp3) is 0.600. The van der Waals surface area contributed by atoms with Crippen LogP contribution in [-0.2, 0) is 6.54 Å². The average Bonchev–Trinajstić information content (AvgIpc) is 2.98.